The van der Waals surface area contributed by atoms with Crippen molar-refractivity contribution in [1.82, 2.24) is 15.2 Å². The number of amides is 1. The second kappa shape index (κ2) is 11.0. The van der Waals surface area contributed by atoms with Gasteiger partial charge in [-0.3, -0.25) is 15.0 Å². The fourth-order valence-electron chi connectivity index (χ4n) is 3.28. The van der Waals surface area contributed by atoms with Crippen LogP contribution < -0.4 is 21.9 Å². The van der Waals surface area contributed by atoms with E-state index in [1.165, 1.54) is 10.6 Å². The number of aromatic nitrogens is 1. The molecule has 2 aromatic rings. The number of carboxylic acids is 1. The van der Waals surface area contributed by atoms with Gasteiger partial charge in [0, 0.05) is 12.7 Å². The van der Waals surface area contributed by atoms with Crippen LogP contribution in [-0.4, -0.2) is 40.1 Å². The van der Waals surface area contributed by atoms with Gasteiger partial charge in [0.1, 0.15) is 11.6 Å². The maximum Gasteiger partial charge on any atom is 0.326 e. The van der Waals surface area contributed by atoms with E-state index in [4.69, 9.17) is 11.1 Å². The summed E-state index contributed by atoms with van der Waals surface area (Å²) in [5.41, 5.74) is 6.69. The molecule has 2 rings (SSSR count). The molecule has 6 N–H and O–H groups in total. The Balaban J connectivity index is 2.16. The number of nitrogens with zero attached hydrogens (tertiary/aromatic N) is 1. The molecule has 0 saturated carbocycles. The predicted molar refractivity (Wildman–Crippen MR) is 118 cm³/mol. The molecule has 0 aliphatic rings. The number of carbonyl (C=O) groups is 2. The summed E-state index contributed by atoms with van der Waals surface area (Å²) in [5, 5.41) is 21.5. The Hall–Kier alpha value is -3.62. The quantitative estimate of drug-likeness (QED) is 0.220. The van der Waals surface area contributed by atoms with E-state index in [1.807, 2.05) is 24.3 Å². The molecule has 0 saturated heterocycles. The molecule has 0 aliphatic heterocycles. The first-order valence-electron chi connectivity index (χ1n) is 10.1. The van der Waals surface area contributed by atoms with E-state index in [2.05, 4.69) is 24.5 Å². The lowest BCUT2D eigenvalue weighted by Crippen LogP contribution is -2.43. The van der Waals surface area contributed by atoms with E-state index in [0.717, 1.165) is 11.1 Å². The van der Waals surface area contributed by atoms with Crippen LogP contribution in [0.2, 0.25) is 0 Å². The molecule has 9 heteroatoms. The van der Waals surface area contributed by atoms with Crippen LogP contribution in [-0.2, 0) is 11.3 Å². The Bertz CT molecular complexity index is 999. The summed E-state index contributed by atoms with van der Waals surface area (Å²) in [6, 6.07) is 9.64. The van der Waals surface area contributed by atoms with Gasteiger partial charge in [0.25, 0.3) is 11.5 Å². The summed E-state index contributed by atoms with van der Waals surface area (Å²) in [6.45, 7) is 4.77. The van der Waals surface area contributed by atoms with E-state index >= 15 is 0 Å². The standard InChI is InChI=1S/C22H29N5O4/c1-14(2)16-8-4-3-7-15(16)13-27-12-6-9-17(20(27)29)19(28)26-18(21(30)31)10-5-11-25-22(23)24/h3-4,6-9,12,14,18H,5,10-11,13H2,1-2H3,(H,26,28)(H,30,31)(H4,23,24,25)/t18-/m0/s1. The molecular weight excluding hydrogens is 398 g/mol. The van der Waals surface area contributed by atoms with Crippen LogP contribution in [0.5, 0.6) is 0 Å². The molecule has 1 aromatic heterocycles. The van der Waals surface area contributed by atoms with Crippen molar-refractivity contribution in [2.75, 3.05) is 6.54 Å². The van der Waals surface area contributed by atoms with Crippen molar-refractivity contribution in [3.63, 3.8) is 0 Å². The fourth-order valence-corrected chi connectivity index (χ4v) is 3.28. The van der Waals surface area contributed by atoms with E-state index in [-0.39, 0.29) is 23.9 Å². The molecule has 1 amide bonds. The topological polar surface area (TPSA) is 150 Å². The highest BCUT2D eigenvalue weighted by Gasteiger charge is 2.22. The van der Waals surface area contributed by atoms with Crippen LogP contribution in [0.25, 0.3) is 0 Å². The molecule has 1 atom stereocenters. The summed E-state index contributed by atoms with van der Waals surface area (Å²) < 4.78 is 1.45. The molecule has 166 valence electrons. The van der Waals surface area contributed by atoms with Crippen molar-refractivity contribution in [2.45, 2.75) is 45.2 Å². The van der Waals surface area contributed by atoms with Crippen molar-refractivity contribution in [1.29, 1.82) is 5.41 Å². The third-order valence-electron chi connectivity index (χ3n) is 4.87. The maximum absolute atomic E-state index is 12.9. The number of benzene rings is 1. The predicted octanol–water partition coefficient (Wildman–Crippen LogP) is 1.47. The van der Waals surface area contributed by atoms with Crippen LogP contribution in [0.15, 0.2) is 47.4 Å². The van der Waals surface area contributed by atoms with Crippen LogP contribution in [0.3, 0.4) is 0 Å². The minimum Gasteiger partial charge on any atom is -0.480 e. The number of rotatable bonds is 10. The Morgan fingerprint density at radius 1 is 1.19 bits per heavy atom. The zero-order valence-corrected chi connectivity index (χ0v) is 17.7. The number of carboxylic acid groups (broad SMARTS) is 1. The zero-order chi connectivity index (χ0) is 23.0. The van der Waals surface area contributed by atoms with Gasteiger partial charge in [0.05, 0.1) is 6.54 Å². The fraction of sp³-hybridized carbons (Fsp3) is 0.364. The van der Waals surface area contributed by atoms with E-state index in [9.17, 15) is 19.5 Å². The number of hydrogen-bond donors (Lipinski definition) is 5. The van der Waals surface area contributed by atoms with Crippen molar-refractivity contribution in [2.24, 2.45) is 5.73 Å². The first-order chi connectivity index (χ1) is 14.7. The average Bonchev–Trinajstić information content (AvgIpc) is 2.71. The minimum absolute atomic E-state index is 0.113. The average molecular weight is 428 g/mol. The Morgan fingerprint density at radius 3 is 2.55 bits per heavy atom. The summed E-state index contributed by atoms with van der Waals surface area (Å²) in [5.74, 6) is -1.85. The molecule has 9 nitrogen and oxygen atoms in total. The second-order valence-corrected chi connectivity index (χ2v) is 7.56. The summed E-state index contributed by atoms with van der Waals surface area (Å²) in [4.78, 5) is 37.0. The van der Waals surface area contributed by atoms with Crippen molar-refractivity contribution >= 4 is 17.8 Å². The van der Waals surface area contributed by atoms with Gasteiger partial charge >= 0.3 is 5.97 Å². The number of pyridine rings is 1. The molecule has 31 heavy (non-hydrogen) atoms. The maximum atomic E-state index is 12.9. The lowest BCUT2D eigenvalue weighted by Gasteiger charge is -2.16. The van der Waals surface area contributed by atoms with Crippen LogP contribution in [0.1, 0.15) is 54.1 Å². The van der Waals surface area contributed by atoms with Crippen molar-refractivity contribution in [3.8, 4) is 0 Å². The highest BCUT2D eigenvalue weighted by Crippen LogP contribution is 2.19. The van der Waals surface area contributed by atoms with Crippen LogP contribution >= 0.6 is 0 Å². The van der Waals surface area contributed by atoms with Crippen molar-refractivity contribution < 1.29 is 14.7 Å². The van der Waals surface area contributed by atoms with E-state index in [0.29, 0.717) is 19.5 Å². The van der Waals surface area contributed by atoms with Gasteiger partial charge in [0.15, 0.2) is 5.96 Å². The van der Waals surface area contributed by atoms with Gasteiger partial charge in [-0.15, -0.1) is 0 Å². The summed E-state index contributed by atoms with van der Waals surface area (Å²) in [6.07, 6.45) is 2.12. The summed E-state index contributed by atoms with van der Waals surface area (Å²) in [7, 11) is 0. The van der Waals surface area contributed by atoms with Crippen LogP contribution in [0, 0.1) is 5.41 Å². The first kappa shape index (κ1) is 23.7. The molecule has 0 unspecified atom stereocenters. The second-order valence-electron chi connectivity index (χ2n) is 7.56. The monoisotopic (exact) mass is 427 g/mol. The number of carbonyl (C=O) groups excluding carboxylic acids is 1. The number of nitrogens with one attached hydrogen (secondary N) is 3. The largest absolute Gasteiger partial charge is 0.480 e. The number of guanidine groups is 1. The van der Waals surface area contributed by atoms with Crippen molar-refractivity contribution in [3.05, 3.63) is 69.6 Å². The minimum atomic E-state index is -1.20. The first-order valence-corrected chi connectivity index (χ1v) is 10.1. The molecule has 1 heterocycles. The molecule has 0 spiro atoms. The van der Waals surface area contributed by atoms with Gasteiger partial charge in [-0.05, 0) is 42.0 Å². The normalized spacial score (nSPS) is 11.7. The third kappa shape index (κ3) is 6.70. The Morgan fingerprint density at radius 2 is 1.90 bits per heavy atom. The van der Waals surface area contributed by atoms with Gasteiger partial charge < -0.3 is 26.0 Å². The molecular formula is C22H29N5O4. The van der Waals surface area contributed by atoms with E-state index < -0.39 is 23.5 Å². The third-order valence-corrected chi connectivity index (χ3v) is 4.87. The molecule has 0 radical (unpaired) electrons. The van der Waals surface area contributed by atoms with Gasteiger partial charge in [-0.25, -0.2) is 4.79 Å². The van der Waals surface area contributed by atoms with E-state index in [1.54, 1.807) is 12.3 Å². The smallest absolute Gasteiger partial charge is 0.326 e. The van der Waals surface area contributed by atoms with Gasteiger partial charge in [-0.2, -0.15) is 0 Å². The molecule has 0 bridgehead atoms. The number of nitrogens with two attached hydrogens (primary N) is 1. The SMILES string of the molecule is CC(C)c1ccccc1Cn1cccc(C(=O)N[C@@H](CCCNC(=N)N)C(=O)O)c1=O. The highest BCUT2D eigenvalue weighted by molar-refractivity contribution is 5.96. The molecule has 0 aliphatic carbocycles. The van der Waals surface area contributed by atoms with Gasteiger partial charge in [0.2, 0.25) is 0 Å². The van der Waals surface area contributed by atoms with Crippen LogP contribution in [0.4, 0.5) is 0 Å². The highest BCUT2D eigenvalue weighted by atomic mass is 16.4. The van der Waals surface area contributed by atoms with Gasteiger partial charge in [-0.1, -0.05) is 38.1 Å². The number of aliphatic carboxylic acids is 1. The molecule has 1 aromatic carbocycles. The zero-order valence-electron chi connectivity index (χ0n) is 17.7. The Labute approximate surface area is 180 Å². The summed E-state index contributed by atoms with van der Waals surface area (Å²) >= 11 is 0. The Kier molecular flexibility index (Phi) is 8.36. The lowest BCUT2D eigenvalue weighted by molar-refractivity contribution is -0.139. The number of hydrogen-bond acceptors (Lipinski definition) is 4. The molecule has 0 fully saturated rings. The lowest BCUT2D eigenvalue weighted by atomic mass is 9.97.